The molecule has 0 fully saturated rings. The first-order valence-electron chi connectivity index (χ1n) is 7.32. The molecule has 0 saturated heterocycles. The summed E-state index contributed by atoms with van der Waals surface area (Å²) in [5.74, 6) is 0. The summed E-state index contributed by atoms with van der Waals surface area (Å²) in [6.45, 7) is 7.85. The van der Waals surface area contributed by atoms with Gasteiger partial charge in [-0.2, -0.15) is 0 Å². The minimum atomic E-state index is -0.0692. The maximum atomic E-state index is 6.24. The maximum absolute atomic E-state index is 6.24. The number of allylic oxidation sites excluding steroid dienone is 2. The van der Waals surface area contributed by atoms with Crippen molar-refractivity contribution >= 4 is 11.6 Å². The average Bonchev–Trinajstić information content (AvgIpc) is 2.77. The lowest BCUT2D eigenvalue weighted by Crippen LogP contribution is -2.25. The molecule has 0 nitrogen and oxygen atoms in total. The molecule has 0 N–H and O–H groups in total. The number of rotatable bonds is 5. The number of hydrogen-bond acceptors (Lipinski definition) is 0. The summed E-state index contributed by atoms with van der Waals surface area (Å²) in [7, 11) is 0. The number of benzene rings is 2. The smallest absolute Gasteiger partial charge is 0.0266 e. The first-order chi connectivity index (χ1) is 10.2. The van der Waals surface area contributed by atoms with Crippen LogP contribution in [0.5, 0.6) is 0 Å². The summed E-state index contributed by atoms with van der Waals surface area (Å²) >= 11 is 6.24. The molecule has 0 spiro atoms. The zero-order valence-corrected chi connectivity index (χ0v) is 12.9. The van der Waals surface area contributed by atoms with Gasteiger partial charge >= 0.3 is 0 Å². The van der Waals surface area contributed by atoms with Crippen molar-refractivity contribution in [3.63, 3.8) is 0 Å². The standard InChI is InChI=1S/C20H19Cl/c1-3-4-13-20(14-15(2)21)18-11-7-5-9-16(18)17-10-6-8-12-19(17)20/h3,5-12H,1-2,4,13-14H2. The molecule has 0 amide bonds. The molecule has 3 rings (SSSR count). The van der Waals surface area contributed by atoms with Gasteiger partial charge in [0.15, 0.2) is 0 Å². The predicted octanol–water partition coefficient (Wildman–Crippen LogP) is 6.06. The molecule has 1 aliphatic carbocycles. The van der Waals surface area contributed by atoms with Crippen LogP contribution in [0.15, 0.2) is 72.8 Å². The van der Waals surface area contributed by atoms with E-state index in [1.54, 1.807) is 0 Å². The van der Waals surface area contributed by atoms with E-state index >= 15 is 0 Å². The van der Waals surface area contributed by atoms with E-state index in [1.165, 1.54) is 22.3 Å². The first-order valence-corrected chi connectivity index (χ1v) is 7.70. The highest BCUT2D eigenvalue weighted by Crippen LogP contribution is 2.54. The van der Waals surface area contributed by atoms with Gasteiger partial charge in [0, 0.05) is 10.4 Å². The molecular formula is C20H19Cl. The van der Waals surface area contributed by atoms with E-state index in [4.69, 9.17) is 11.6 Å². The topological polar surface area (TPSA) is 0 Å². The summed E-state index contributed by atoms with van der Waals surface area (Å²) in [5, 5.41) is 0.713. The lowest BCUT2D eigenvalue weighted by Gasteiger charge is -2.31. The average molecular weight is 295 g/mol. The van der Waals surface area contributed by atoms with Crippen LogP contribution in [0.25, 0.3) is 11.1 Å². The molecule has 0 saturated carbocycles. The van der Waals surface area contributed by atoms with Gasteiger partial charge in [0.25, 0.3) is 0 Å². The molecule has 0 aromatic heterocycles. The first kappa shape index (κ1) is 14.2. The van der Waals surface area contributed by atoms with Crippen molar-refractivity contribution < 1.29 is 0 Å². The third-order valence-corrected chi connectivity index (χ3v) is 4.58. The number of fused-ring (bicyclic) bond motifs is 3. The lowest BCUT2D eigenvalue weighted by atomic mass is 9.72. The van der Waals surface area contributed by atoms with Gasteiger partial charge in [-0.15, -0.1) is 6.58 Å². The van der Waals surface area contributed by atoms with E-state index in [0.717, 1.165) is 19.3 Å². The third kappa shape index (κ3) is 2.24. The van der Waals surface area contributed by atoms with Gasteiger partial charge in [0.05, 0.1) is 0 Å². The van der Waals surface area contributed by atoms with Gasteiger partial charge in [0.2, 0.25) is 0 Å². The van der Waals surface area contributed by atoms with Crippen molar-refractivity contribution in [2.75, 3.05) is 0 Å². The number of halogens is 1. The lowest BCUT2D eigenvalue weighted by molar-refractivity contribution is 0.491. The molecule has 0 heterocycles. The summed E-state index contributed by atoms with van der Waals surface area (Å²) in [5.41, 5.74) is 5.33. The van der Waals surface area contributed by atoms with Crippen LogP contribution in [0.2, 0.25) is 0 Å². The Hall–Kier alpha value is -1.79. The van der Waals surface area contributed by atoms with Crippen LogP contribution < -0.4 is 0 Å². The van der Waals surface area contributed by atoms with Crippen molar-refractivity contribution in [2.45, 2.75) is 24.7 Å². The Bertz CT molecular complexity index is 651. The quantitative estimate of drug-likeness (QED) is 0.588. The molecule has 2 aromatic rings. The molecule has 0 unspecified atom stereocenters. The molecule has 1 heteroatoms. The molecule has 21 heavy (non-hydrogen) atoms. The van der Waals surface area contributed by atoms with Crippen LogP contribution in [0.3, 0.4) is 0 Å². The van der Waals surface area contributed by atoms with Gasteiger partial charge in [-0.1, -0.05) is 72.8 Å². The fourth-order valence-corrected chi connectivity index (χ4v) is 3.87. The Morgan fingerprint density at radius 1 is 1.00 bits per heavy atom. The summed E-state index contributed by atoms with van der Waals surface area (Å²) in [4.78, 5) is 0. The van der Waals surface area contributed by atoms with E-state index in [0.29, 0.717) is 5.03 Å². The van der Waals surface area contributed by atoms with Crippen molar-refractivity contribution in [1.29, 1.82) is 0 Å². The van der Waals surface area contributed by atoms with Gasteiger partial charge in [0.1, 0.15) is 0 Å². The maximum Gasteiger partial charge on any atom is 0.0266 e. The monoisotopic (exact) mass is 294 g/mol. The van der Waals surface area contributed by atoms with Gasteiger partial charge in [-0.25, -0.2) is 0 Å². The van der Waals surface area contributed by atoms with E-state index < -0.39 is 0 Å². The van der Waals surface area contributed by atoms with Crippen LogP contribution in [-0.2, 0) is 5.41 Å². The van der Waals surface area contributed by atoms with Crippen LogP contribution in [0.1, 0.15) is 30.4 Å². The third-order valence-electron chi connectivity index (χ3n) is 4.44. The summed E-state index contributed by atoms with van der Waals surface area (Å²) in [6, 6.07) is 17.3. The largest absolute Gasteiger partial charge is 0.103 e. The normalized spacial score (nSPS) is 14.3. The predicted molar refractivity (Wildman–Crippen MR) is 91.7 cm³/mol. The Kier molecular flexibility index (Phi) is 3.73. The van der Waals surface area contributed by atoms with Crippen molar-refractivity contribution in [2.24, 2.45) is 0 Å². The molecule has 0 aliphatic heterocycles. The second-order valence-corrected chi connectivity index (χ2v) is 6.23. The van der Waals surface area contributed by atoms with Gasteiger partial charge < -0.3 is 0 Å². The summed E-state index contributed by atoms with van der Waals surface area (Å²) in [6.07, 6.45) is 4.74. The van der Waals surface area contributed by atoms with Crippen molar-refractivity contribution in [3.8, 4) is 11.1 Å². The minimum absolute atomic E-state index is 0.0692. The van der Waals surface area contributed by atoms with Crippen LogP contribution in [0, 0.1) is 0 Å². The van der Waals surface area contributed by atoms with Gasteiger partial charge in [-0.05, 0) is 41.5 Å². The van der Waals surface area contributed by atoms with E-state index in [1.807, 2.05) is 6.08 Å². The van der Waals surface area contributed by atoms with E-state index in [-0.39, 0.29) is 5.41 Å². The highest BCUT2D eigenvalue weighted by molar-refractivity contribution is 6.29. The highest BCUT2D eigenvalue weighted by Gasteiger charge is 2.42. The zero-order valence-electron chi connectivity index (χ0n) is 12.1. The molecule has 0 radical (unpaired) electrons. The van der Waals surface area contributed by atoms with E-state index in [2.05, 4.69) is 61.7 Å². The molecule has 0 atom stereocenters. The number of hydrogen-bond donors (Lipinski definition) is 0. The molecule has 106 valence electrons. The second-order valence-electron chi connectivity index (χ2n) is 5.69. The highest BCUT2D eigenvalue weighted by atomic mass is 35.5. The van der Waals surface area contributed by atoms with Crippen molar-refractivity contribution in [1.82, 2.24) is 0 Å². The van der Waals surface area contributed by atoms with Crippen molar-refractivity contribution in [3.05, 3.63) is 83.9 Å². The Morgan fingerprint density at radius 2 is 1.52 bits per heavy atom. The molecule has 2 aromatic carbocycles. The van der Waals surface area contributed by atoms with Crippen LogP contribution in [0.4, 0.5) is 0 Å². The van der Waals surface area contributed by atoms with Crippen LogP contribution >= 0.6 is 11.6 Å². The van der Waals surface area contributed by atoms with Crippen LogP contribution in [-0.4, -0.2) is 0 Å². The molecule has 1 aliphatic rings. The Labute approximate surface area is 131 Å². The zero-order chi connectivity index (χ0) is 14.9. The van der Waals surface area contributed by atoms with Gasteiger partial charge in [-0.3, -0.25) is 0 Å². The Balaban J connectivity index is 2.26. The Morgan fingerprint density at radius 3 is 2.00 bits per heavy atom. The molecular weight excluding hydrogens is 276 g/mol. The fraction of sp³-hybridized carbons (Fsp3) is 0.200. The molecule has 0 bridgehead atoms. The second kappa shape index (κ2) is 5.54. The summed E-state index contributed by atoms with van der Waals surface area (Å²) < 4.78 is 0. The minimum Gasteiger partial charge on any atom is -0.103 e. The SMILES string of the molecule is C=CCCC1(CC(=C)Cl)c2ccccc2-c2ccccc21. The van der Waals surface area contributed by atoms with E-state index in [9.17, 15) is 0 Å². The fourth-order valence-electron chi connectivity index (χ4n) is 3.64.